The topological polar surface area (TPSA) is 32.3 Å². The molecule has 1 unspecified atom stereocenters. The Labute approximate surface area is 86.5 Å². The van der Waals surface area contributed by atoms with Crippen molar-refractivity contribution in [3.8, 4) is 0 Å². The van der Waals surface area contributed by atoms with E-state index in [0.29, 0.717) is 0 Å². The third kappa shape index (κ3) is 8.60. The number of unbranched alkanes of at least 4 members (excludes halogenated alkanes) is 2. The third-order valence-electron chi connectivity index (χ3n) is 1.92. The Morgan fingerprint density at radius 2 is 2.08 bits per heavy atom. The molecule has 0 fully saturated rings. The Morgan fingerprint density at radius 1 is 1.31 bits per heavy atom. The van der Waals surface area contributed by atoms with Crippen molar-refractivity contribution in [2.24, 2.45) is 0 Å². The first-order chi connectivity index (χ1) is 6.35. The molecule has 80 valence electrons. The van der Waals surface area contributed by atoms with E-state index >= 15 is 0 Å². The van der Waals surface area contributed by atoms with Crippen molar-refractivity contribution >= 4 is 11.8 Å². The van der Waals surface area contributed by atoms with Crippen LogP contribution >= 0.6 is 11.8 Å². The van der Waals surface area contributed by atoms with Crippen LogP contribution in [-0.2, 0) is 0 Å². The van der Waals surface area contributed by atoms with Gasteiger partial charge in [-0.25, -0.2) is 0 Å². The van der Waals surface area contributed by atoms with Crippen LogP contribution in [0.25, 0.3) is 0 Å². The van der Waals surface area contributed by atoms with Crippen molar-refractivity contribution < 1.29 is 5.11 Å². The van der Waals surface area contributed by atoms with Gasteiger partial charge in [0.05, 0.1) is 6.61 Å². The van der Waals surface area contributed by atoms with Crippen molar-refractivity contribution in [2.75, 3.05) is 24.7 Å². The number of nitrogens with one attached hydrogen (secondary N) is 1. The van der Waals surface area contributed by atoms with Crippen molar-refractivity contribution in [1.29, 1.82) is 0 Å². The highest BCUT2D eigenvalue weighted by molar-refractivity contribution is 7.99. The first-order valence-corrected chi connectivity index (χ1v) is 6.42. The minimum absolute atomic E-state index is 0.259. The first-order valence-electron chi connectivity index (χ1n) is 5.27. The zero-order chi connectivity index (χ0) is 9.94. The van der Waals surface area contributed by atoms with Crippen LogP contribution in [0.1, 0.15) is 33.1 Å². The van der Waals surface area contributed by atoms with Gasteiger partial charge in [0.1, 0.15) is 0 Å². The highest BCUT2D eigenvalue weighted by atomic mass is 32.2. The molecule has 3 heteroatoms. The summed E-state index contributed by atoms with van der Waals surface area (Å²) in [6.07, 6.45) is 3.93. The van der Waals surface area contributed by atoms with Gasteiger partial charge in [0.25, 0.3) is 0 Å². The van der Waals surface area contributed by atoms with E-state index in [0.717, 1.165) is 12.3 Å². The van der Waals surface area contributed by atoms with E-state index in [4.69, 9.17) is 5.11 Å². The molecular formula is C10H23NOS. The summed E-state index contributed by atoms with van der Waals surface area (Å²) < 4.78 is 0. The Balaban J connectivity index is 3.17. The highest BCUT2D eigenvalue weighted by Gasteiger charge is 2.04. The molecule has 0 spiro atoms. The van der Waals surface area contributed by atoms with E-state index in [1.165, 1.54) is 25.0 Å². The van der Waals surface area contributed by atoms with Crippen LogP contribution in [-0.4, -0.2) is 35.8 Å². The fraction of sp³-hybridized carbons (Fsp3) is 1.00. The maximum absolute atomic E-state index is 8.98. The van der Waals surface area contributed by atoms with Crippen LogP contribution in [0.15, 0.2) is 0 Å². The van der Waals surface area contributed by atoms with E-state index in [1.807, 2.05) is 11.8 Å². The highest BCUT2D eigenvalue weighted by Crippen LogP contribution is 2.07. The van der Waals surface area contributed by atoms with Gasteiger partial charge in [-0.3, -0.25) is 0 Å². The van der Waals surface area contributed by atoms with Crippen molar-refractivity contribution in [3.05, 3.63) is 0 Å². The minimum Gasteiger partial charge on any atom is -0.395 e. The molecule has 0 radical (unpaired) electrons. The quantitative estimate of drug-likeness (QED) is 0.564. The summed E-state index contributed by atoms with van der Waals surface area (Å²) in [5.41, 5.74) is 0. The van der Waals surface area contributed by atoms with Crippen molar-refractivity contribution in [2.45, 2.75) is 39.2 Å². The van der Waals surface area contributed by atoms with E-state index in [1.54, 1.807) is 0 Å². The SMILES string of the molecule is CCCCCSCC(CO)NCC. The molecule has 2 nitrogen and oxygen atoms in total. The van der Waals surface area contributed by atoms with Gasteiger partial charge in [0.2, 0.25) is 0 Å². The zero-order valence-electron chi connectivity index (χ0n) is 8.88. The molecule has 0 bridgehead atoms. The average molecular weight is 205 g/mol. The Kier molecular flexibility index (Phi) is 10.6. The lowest BCUT2D eigenvalue weighted by atomic mass is 10.3. The molecule has 0 aliphatic rings. The fourth-order valence-corrected chi connectivity index (χ4v) is 2.23. The van der Waals surface area contributed by atoms with Gasteiger partial charge < -0.3 is 10.4 Å². The molecule has 0 rings (SSSR count). The molecule has 0 amide bonds. The predicted molar refractivity (Wildman–Crippen MR) is 61.4 cm³/mol. The van der Waals surface area contributed by atoms with Gasteiger partial charge >= 0.3 is 0 Å². The maximum atomic E-state index is 8.98. The third-order valence-corrected chi connectivity index (χ3v) is 3.14. The van der Waals surface area contributed by atoms with Gasteiger partial charge in [0.15, 0.2) is 0 Å². The molecule has 0 aromatic rings. The van der Waals surface area contributed by atoms with Crippen LogP contribution < -0.4 is 5.32 Å². The van der Waals surface area contributed by atoms with E-state index in [2.05, 4.69) is 19.2 Å². The number of hydrogen-bond donors (Lipinski definition) is 2. The minimum atomic E-state index is 0.259. The van der Waals surface area contributed by atoms with Gasteiger partial charge in [-0.15, -0.1) is 0 Å². The lowest BCUT2D eigenvalue weighted by Crippen LogP contribution is -2.34. The van der Waals surface area contributed by atoms with Crippen LogP contribution in [0.2, 0.25) is 0 Å². The van der Waals surface area contributed by atoms with Crippen molar-refractivity contribution in [1.82, 2.24) is 5.32 Å². The van der Waals surface area contributed by atoms with E-state index in [-0.39, 0.29) is 12.6 Å². The van der Waals surface area contributed by atoms with Crippen molar-refractivity contribution in [3.63, 3.8) is 0 Å². The first kappa shape index (κ1) is 13.3. The summed E-state index contributed by atoms with van der Waals surface area (Å²) in [4.78, 5) is 0. The number of thioether (sulfide) groups is 1. The number of aliphatic hydroxyl groups is 1. The lowest BCUT2D eigenvalue weighted by molar-refractivity contribution is 0.255. The molecule has 0 aliphatic heterocycles. The Hall–Kier alpha value is 0.270. The zero-order valence-corrected chi connectivity index (χ0v) is 9.70. The van der Waals surface area contributed by atoms with E-state index < -0.39 is 0 Å². The lowest BCUT2D eigenvalue weighted by Gasteiger charge is -2.13. The molecule has 0 aromatic carbocycles. The van der Waals surface area contributed by atoms with Crippen LogP contribution in [0, 0.1) is 0 Å². The Morgan fingerprint density at radius 3 is 2.62 bits per heavy atom. The van der Waals surface area contributed by atoms with Gasteiger partial charge in [-0.1, -0.05) is 26.7 Å². The van der Waals surface area contributed by atoms with Gasteiger partial charge in [0, 0.05) is 11.8 Å². The molecule has 13 heavy (non-hydrogen) atoms. The molecule has 0 saturated heterocycles. The fourth-order valence-electron chi connectivity index (χ4n) is 1.14. The molecule has 2 N–H and O–H groups in total. The normalized spacial score (nSPS) is 13.2. The second-order valence-electron chi connectivity index (χ2n) is 3.22. The number of hydrogen-bond acceptors (Lipinski definition) is 3. The summed E-state index contributed by atoms with van der Waals surface area (Å²) in [6, 6.07) is 0.289. The smallest absolute Gasteiger partial charge is 0.0592 e. The second-order valence-corrected chi connectivity index (χ2v) is 4.37. The maximum Gasteiger partial charge on any atom is 0.0592 e. The van der Waals surface area contributed by atoms with Crippen LogP contribution in [0.4, 0.5) is 0 Å². The molecule has 0 saturated carbocycles. The van der Waals surface area contributed by atoms with Gasteiger partial charge in [-0.05, 0) is 18.7 Å². The molecular weight excluding hydrogens is 182 g/mol. The largest absolute Gasteiger partial charge is 0.395 e. The monoisotopic (exact) mass is 205 g/mol. The predicted octanol–water partition coefficient (Wildman–Crippen LogP) is 1.88. The number of rotatable bonds is 9. The molecule has 1 atom stereocenters. The standard InChI is InChI=1S/C10H23NOS/c1-3-5-6-7-13-9-10(8-12)11-4-2/h10-12H,3-9H2,1-2H3. The summed E-state index contributed by atoms with van der Waals surface area (Å²) in [7, 11) is 0. The molecule has 0 heterocycles. The van der Waals surface area contributed by atoms with E-state index in [9.17, 15) is 0 Å². The summed E-state index contributed by atoms with van der Waals surface area (Å²) in [5.74, 6) is 2.27. The summed E-state index contributed by atoms with van der Waals surface area (Å²) >= 11 is 1.94. The molecule has 0 aliphatic carbocycles. The Bertz CT molecular complexity index is 101. The average Bonchev–Trinajstić information content (AvgIpc) is 2.16. The summed E-state index contributed by atoms with van der Waals surface area (Å²) in [5, 5.41) is 12.2. The number of aliphatic hydroxyl groups excluding tert-OH is 1. The van der Waals surface area contributed by atoms with Gasteiger partial charge in [-0.2, -0.15) is 11.8 Å². The summed E-state index contributed by atoms with van der Waals surface area (Å²) in [6.45, 7) is 5.50. The van der Waals surface area contributed by atoms with Crippen LogP contribution in [0.3, 0.4) is 0 Å². The second kappa shape index (κ2) is 10.4. The number of likely N-dealkylation sites (N-methyl/N-ethyl adjacent to an activating group) is 1. The molecule has 0 aromatic heterocycles. The van der Waals surface area contributed by atoms with Crippen LogP contribution in [0.5, 0.6) is 0 Å².